The Hall–Kier alpha value is -0.515. The molecule has 1 aromatic carbocycles. The van der Waals surface area contributed by atoms with E-state index in [1.54, 1.807) is 12.1 Å². The summed E-state index contributed by atoms with van der Waals surface area (Å²) < 4.78 is 12.7. The van der Waals surface area contributed by atoms with Gasteiger partial charge in [0.15, 0.2) is 0 Å². The van der Waals surface area contributed by atoms with Gasteiger partial charge in [-0.15, -0.1) is 0 Å². The molecule has 0 aliphatic carbocycles. The number of phenols is 1. The molecule has 1 fully saturated rings. The van der Waals surface area contributed by atoms with Crippen LogP contribution < -0.4 is 5.46 Å². The van der Waals surface area contributed by atoms with Crippen molar-refractivity contribution in [3.63, 3.8) is 0 Å². The summed E-state index contributed by atoms with van der Waals surface area (Å²) in [5.74, 6) is 0.220. The van der Waals surface area contributed by atoms with Crippen molar-refractivity contribution < 1.29 is 14.4 Å². The van der Waals surface area contributed by atoms with Crippen LogP contribution in [0.25, 0.3) is 0 Å². The summed E-state index contributed by atoms with van der Waals surface area (Å²) >= 11 is 3.41. The van der Waals surface area contributed by atoms with Crippen LogP contribution in [0.15, 0.2) is 22.7 Å². The standard InChI is InChI=1S/C12H16BBrO3/c1-11(2)12(3,4)17-13(16-11)9-6-5-8(15)7-10(9)14/h5-7,15H,1-4H3. The lowest BCUT2D eigenvalue weighted by Gasteiger charge is -2.32. The fourth-order valence-corrected chi connectivity index (χ4v) is 2.23. The molecule has 1 aliphatic heterocycles. The lowest BCUT2D eigenvalue weighted by molar-refractivity contribution is 0.00578. The summed E-state index contributed by atoms with van der Waals surface area (Å²) in [7, 11) is -0.407. The predicted molar refractivity (Wildman–Crippen MR) is 71.5 cm³/mol. The molecule has 0 spiro atoms. The Balaban J connectivity index is 2.32. The van der Waals surface area contributed by atoms with Crippen LogP contribution in [0, 0.1) is 0 Å². The molecule has 17 heavy (non-hydrogen) atoms. The second-order valence-corrected chi connectivity index (χ2v) is 6.15. The molecular formula is C12H16BBrO3. The van der Waals surface area contributed by atoms with Gasteiger partial charge in [0.05, 0.1) is 11.2 Å². The molecular weight excluding hydrogens is 283 g/mol. The normalized spacial score (nSPS) is 21.8. The van der Waals surface area contributed by atoms with Crippen LogP contribution in [0.5, 0.6) is 5.75 Å². The molecule has 1 aromatic rings. The van der Waals surface area contributed by atoms with E-state index in [2.05, 4.69) is 15.9 Å². The second-order valence-electron chi connectivity index (χ2n) is 5.29. The van der Waals surface area contributed by atoms with E-state index in [-0.39, 0.29) is 17.0 Å². The van der Waals surface area contributed by atoms with E-state index in [0.717, 1.165) is 9.94 Å². The maximum Gasteiger partial charge on any atom is 0.496 e. The number of rotatable bonds is 1. The van der Waals surface area contributed by atoms with Crippen molar-refractivity contribution in [2.45, 2.75) is 38.9 Å². The van der Waals surface area contributed by atoms with Gasteiger partial charge in [-0.1, -0.05) is 22.0 Å². The Labute approximate surface area is 110 Å². The number of aromatic hydroxyl groups is 1. The van der Waals surface area contributed by atoms with Gasteiger partial charge >= 0.3 is 7.12 Å². The van der Waals surface area contributed by atoms with E-state index < -0.39 is 7.12 Å². The first kappa shape index (κ1) is 12.9. The van der Waals surface area contributed by atoms with Gasteiger partial charge in [0.2, 0.25) is 0 Å². The average molecular weight is 299 g/mol. The Bertz CT molecular complexity index is 429. The molecule has 92 valence electrons. The monoisotopic (exact) mass is 298 g/mol. The highest BCUT2D eigenvalue weighted by Gasteiger charge is 2.52. The van der Waals surface area contributed by atoms with Crippen molar-refractivity contribution in [1.82, 2.24) is 0 Å². The average Bonchev–Trinajstić information content (AvgIpc) is 2.35. The highest BCUT2D eigenvalue weighted by atomic mass is 79.9. The van der Waals surface area contributed by atoms with E-state index in [9.17, 15) is 5.11 Å². The quantitative estimate of drug-likeness (QED) is 0.810. The molecule has 0 amide bonds. The van der Waals surface area contributed by atoms with Crippen LogP contribution in [0.4, 0.5) is 0 Å². The maximum atomic E-state index is 9.37. The summed E-state index contributed by atoms with van der Waals surface area (Å²) in [6, 6.07) is 5.08. The molecule has 5 heteroatoms. The fraction of sp³-hybridized carbons (Fsp3) is 0.500. The van der Waals surface area contributed by atoms with Crippen LogP contribution in [0.1, 0.15) is 27.7 Å². The Kier molecular flexibility index (Phi) is 3.05. The lowest BCUT2D eigenvalue weighted by Crippen LogP contribution is -2.41. The van der Waals surface area contributed by atoms with Gasteiger partial charge in [0.1, 0.15) is 5.75 Å². The molecule has 2 rings (SSSR count). The third-order valence-electron chi connectivity index (χ3n) is 3.49. The van der Waals surface area contributed by atoms with Gasteiger partial charge in [0.25, 0.3) is 0 Å². The molecule has 3 nitrogen and oxygen atoms in total. The van der Waals surface area contributed by atoms with Gasteiger partial charge in [-0.3, -0.25) is 0 Å². The fourth-order valence-electron chi connectivity index (χ4n) is 1.68. The van der Waals surface area contributed by atoms with Gasteiger partial charge in [-0.2, -0.15) is 0 Å². The van der Waals surface area contributed by atoms with Crippen molar-refractivity contribution >= 4 is 28.5 Å². The summed E-state index contributed by atoms with van der Waals surface area (Å²) in [6.45, 7) is 8.06. The minimum Gasteiger partial charge on any atom is -0.508 e. The third kappa shape index (κ3) is 2.24. The first-order chi connectivity index (χ1) is 7.73. The number of phenolic OH excluding ortho intramolecular Hbond substituents is 1. The summed E-state index contributed by atoms with van der Waals surface area (Å²) in [6.07, 6.45) is 0. The van der Waals surface area contributed by atoms with Crippen molar-refractivity contribution in [2.24, 2.45) is 0 Å². The van der Waals surface area contributed by atoms with Crippen molar-refractivity contribution in [2.75, 3.05) is 0 Å². The van der Waals surface area contributed by atoms with E-state index in [0.29, 0.717) is 0 Å². The minimum atomic E-state index is -0.407. The van der Waals surface area contributed by atoms with Crippen LogP contribution in [-0.4, -0.2) is 23.4 Å². The van der Waals surface area contributed by atoms with Crippen LogP contribution in [0.2, 0.25) is 0 Å². The van der Waals surface area contributed by atoms with Gasteiger partial charge < -0.3 is 14.4 Å². The minimum absolute atomic E-state index is 0.220. The lowest BCUT2D eigenvalue weighted by atomic mass is 9.79. The van der Waals surface area contributed by atoms with E-state index >= 15 is 0 Å². The van der Waals surface area contributed by atoms with Crippen molar-refractivity contribution in [1.29, 1.82) is 0 Å². The molecule has 0 radical (unpaired) electrons. The number of halogens is 1. The van der Waals surface area contributed by atoms with Gasteiger partial charge in [-0.25, -0.2) is 0 Å². The van der Waals surface area contributed by atoms with Crippen LogP contribution >= 0.6 is 15.9 Å². The number of hydrogen-bond acceptors (Lipinski definition) is 3. The first-order valence-electron chi connectivity index (χ1n) is 5.57. The largest absolute Gasteiger partial charge is 0.508 e. The molecule has 0 aromatic heterocycles. The van der Waals surface area contributed by atoms with E-state index in [1.807, 2.05) is 33.8 Å². The zero-order valence-corrected chi connectivity index (χ0v) is 12.0. The van der Waals surface area contributed by atoms with E-state index in [1.165, 1.54) is 0 Å². The predicted octanol–water partition coefficient (Wildman–Crippen LogP) is 2.45. The smallest absolute Gasteiger partial charge is 0.496 e. The molecule has 0 atom stereocenters. The SMILES string of the molecule is CC1(C)OB(c2ccc(O)cc2Br)OC1(C)C. The molecule has 0 saturated carbocycles. The summed E-state index contributed by atoms with van der Waals surface area (Å²) in [5.41, 5.74) is 0.186. The molecule has 0 unspecified atom stereocenters. The van der Waals surface area contributed by atoms with Gasteiger partial charge in [0, 0.05) is 4.47 Å². The van der Waals surface area contributed by atoms with Crippen molar-refractivity contribution in [3.05, 3.63) is 22.7 Å². The number of hydrogen-bond donors (Lipinski definition) is 1. The number of benzene rings is 1. The second kappa shape index (κ2) is 4.00. The highest BCUT2D eigenvalue weighted by molar-refractivity contribution is 9.10. The molecule has 1 aliphatic rings. The molecule has 1 heterocycles. The molecule has 1 N–H and O–H groups in total. The topological polar surface area (TPSA) is 38.7 Å². The zero-order chi connectivity index (χ0) is 12.8. The van der Waals surface area contributed by atoms with Gasteiger partial charge in [-0.05, 0) is 45.3 Å². The van der Waals surface area contributed by atoms with Crippen LogP contribution in [0.3, 0.4) is 0 Å². The summed E-state index contributed by atoms with van der Waals surface area (Å²) in [5, 5.41) is 9.37. The third-order valence-corrected chi connectivity index (χ3v) is 4.18. The molecule has 0 bridgehead atoms. The van der Waals surface area contributed by atoms with Crippen molar-refractivity contribution in [3.8, 4) is 5.75 Å². The first-order valence-corrected chi connectivity index (χ1v) is 6.36. The maximum absolute atomic E-state index is 9.37. The van der Waals surface area contributed by atoms with Crippen LogP contribution in [-0.2, 0) is 9.31 Å². The van der Waals surface area contributed by atoms with E-state index in [4.69, 9.17) is 9.31 Å². The highest BCUT2D eigenvalue weighted by Crippen LogP contribution is 2.37. The Morgan fingerprint density at radius 1 is 1.12 bits per heavy atom. The summed E-state index contributed by atoms with van der Waals surface area (Å²) in [4.78, 5) is 0. The Morgan fingerprint density at radius 3 is 2.12 bits per heavy atom. The molecule has 1 saturated heterocycles. The Morgan fingerprint density at radius 2 is 1.65 bits per heavy atom. The zero-order valence-electron chi connectivity index (χ0n) is 10.5.